The van der Waals surface area contributed by atoms with E-state index in [4.69, 9.17) is 4.74 Å². The Morgan fingerprint density at radius 2 is 2.29 bits per heavy atom. The molecule has 1 aliphatic carbocycles. The van der Waals surface area contributed by atoms with E-state index in [1.807, 2.05) is 0 Å². The number of ether oxygens (including phenoxy) is 1. The van der Waals surface area contributed by atoms with Crippen LogP contribution in [0.1, 0.15) is 49.5 Å². The highest BCUT2D eigenvalue weighted by atomic mass is 16.5. The third kappa shape index (κ3) is 4.03. The number of carbonyl (C=O) groups excluding carboxylic acids is 2. The molecule has 1 heterocycles. The van der Waals surface area contributed by atoms with Crippen LogP contribution in [-0.4, -0.2) is 29.5 Å². The molecule has 0 bridgehead atoms. The van der Waals surface area contributed by atoms with Crippen molar-refractivity contribution in [3.63, 3.8) is 0 Å². The summed E-state index contributed by atoms with van der Waals surface area (Å²) in [6.07, 6.45) is 5.52. The third-order valence-electron chi connectivity index (χ3n) is 4.08. The molecular formula is C16H22N2O3. The van der Waals surface area contributed by atoms with Crippen molar-refractivity contribution in [2.75, 3.05) is 7.11 Å². The van der Waals surface area contributed by atoms with E-state index in [9.17, 15) is 9.59 Å². The third-order valence-corrected chi connectivity index (χ3v) is 4.08. The Bertz CT molecular complexity index is 504. The maximum absolute atomic E-state index is 12.4. The van der Waals surface area contributed by atoms with Crippen molar-refractivity contribution in [1.29, 1.82) is 0 Å². The fraction of sp³-hybridized carbons (Fsp3) is 0.562. The fourth-order valence-electron chi connectivity index (χ4n) is 3.13. The smallest absolute Gasteiger partial charge is 0.307 e. The minimum Gasteiger partial charge on any atom is -0.469 e. The summed E-state index contributed by atoms with van der Waals surface area (Å²) in [5, 5.41) is 3.04. The summed E-state index contributed by atoms with van der Waals surface area (Å²) in [6.45, 7) is 2.15. The highest BCUT2D eigenvalue weighted by Crippen LogP contribution is 2.35. The van der Waals surface area contributed by atoms with Crippen LogP contribution in [-0.2, 0) is 9.53 Å². The van der Waals surface area contributed by atoms with Crippen molar-refractivity contribution in [1.82, 2.24) is 10.3 Å². The number of carbonyl (C=O) groups is 2. The van der Waals surface area contributed by atoms with Gasteiger partial charge in [0.2, 0.25) is 0 Å². The molecule has 1 aromatic rings. The fourth-order valence-corrected chi connectivity index (χ4v) is 3.13. The van der Waals surface area contributed by atoms with Gasteiger partial charge < -0.3 is 10.1 Å². The van der Waals surface area contributed by atoms with E-state index in [0.717, 1.165) is 25.7 Å². The standard InChI is InChI=1S/C16H22N2O3/c1-12-6-5-8-16(10-12,11-14(19)21-2)18-15(20)13-7-3-4-9-17-13/h3-4,7,9,12H,5-6,8,10-11H2,1-2H3,(H,18,20). The molecule has 0 radical (unpaired) electrons. The summed E-state index contributed by atoms with van der Waals surface area (Å²) in [7, 11) is 1.38. The van der Waals surface area contributed by atoms with E-state index in [2.05, 4.69) is 17.2 Å². The lowest BCUT2D eigenvalue weighted by molar-refractivity contribution is -0.142. The topological polar surface area (TPSA) is 68.3 Å². The van der Waals surface area contributed by atoms with Crippen LogP contribution in [0.3, 0.4) is 0 Å². The molecule has 1 amide bonds. The summed E-state index contributed by atoms with van der Waals surface area (Å²) >= 11 is 0. The summed E-state index contributed by atoms with van der Waals surface area (Å²) in [5.74, 6) is -0.0357. The first kappa shape index (κ1) is 15.5. The maximum atomic E-state index is 12.4. The van der Waals surface area contributed by atoms with Crippen molar-refractivity contribution >= 4 is 11.9 Å². The molecule has 2 atom stereocenters. The molecule has 1 aliphatic rings. The molecule has 1 aromatic heterocycles. The summed E-state index contributed by atoms with van der Waals surface area (Å²) < 4.78 is 4.79. The van der Waals surface area contributed by atoms with Gasteiger partial charge in [0.25, 0.3) is 5.91 Å². The predicted molar refractivity (Wildman–Crippen MR) is 78.7 cm³/mol. The van der Waals surface area contributed by atoms with Gasteiger partial charge in [-0.1, -0.05) is 25.8 Å². The van der Waals surface area contributed by atoms with Gasteiger partial charge in [-0.25, -0.2) is 0 Å². The van der Waals surface area contributed by atoms with Crippen LogP contribution in [0.5, 0.6) is 0 Å². The Morgan fingerprint density at radius 1 is 1.48 bits per heavy atom. The van der Waals surface area contributed by atoms with Gasteiger partial charge in [0.05, 0.1) is 19.1 Å². The van der Waals surface area contributed by atoms with Gasteiger partial charge in [-0.15, -0.1) is 0 Å². The quantitative estimate of drug-likeness (QED) is 0.864. The van der Waals surface area contributed by atoms with Crippen LogP contribution < -0.4 is 5.32 Å². The van der Waals surface area contributed by atoms with Crippen LogP contribution in [0.15, 0.2) is 24.4 Å². The van der Waals surface area contributed by atoms with E-state index in [1.165, 1.54) is 7.11 Å². The van der Waals surface area contributed by atoms with Crippen molar-refractivity contribution in [3.05, 3.63) is 30.1 Å². The van der Waals surface area contributed by atoms with E-state index in [-0.39, 0.29) is 18.3 Å². The monoisotopic (exact) mass is 290 g/mol. The van der Waals surface area contributed by atoms with E-state index >= 15 is 0 Å². The lowest BCUT2D eigenvalue weighted by Gasteiger charge is -2.40. The van der Waals surface area contributed by atoms with Gasteiger partial charge in [-0.2, -0.15) is 0 Å². The lowest BCUT2D eigenvalue weighted by Crippen LogP contribution is -2.52. The zero-order valence-corrected chi connectivity index (χ0v) is 12.6. The molecule has 2 rings (SSSR count). The highest BCUT2D eigenvalue weighted by molar-refractivity contribution is 5.93. The summed E-state index contributed by atoms with van der Waals surface area (Å²) in [6, 6.07) is 5.22. The first-order valence-electron chi connectivity index (χ1n) is 7.35. The number of rotatable bonds is 4. The Kier molecular flexibility index (Phi) is 4.94. The Morgan fingerprint density at radius 3 is 2.90 bits per heavy atom. The number of pyridine rings is 1. The first-order valence-corrected chi connectivity index (χ1v) is 7.35. The van der Waals surface area contributed by atoms with Gasteiger partial charge in [-0.3, -0.25) is 14.6 Å². The van der Waals surface area contributed by atoms with Gasteiger partial charge in [0.1, 0.15) is 5.69 Å². The molecule has 21 heavy (non-hydrogen) atoms. The van der Waals surface area contributed by atoms with Crippen molar-refractivity contribution in [3.8, 4) is 0 Å². The second kappa shape index (κ2) is 6.70. The molecule has 1 fully saturated rings. The number of hydrogen-bond acceptors (Lipinski definition) is 4. The number of hydrogen-bond donors (Lipinski definition) is 1. The SMILES string of the molecule is COC(=O)CC1(NC(=O)c2ccccn2)CCCC(C)C1. The van der Waals surface area contributed by atoms with Crippen LogP contribution >= 0.6 is 0 Å². The molecule has 2 unspecified atom stereocenters. The average molecular weight is 290 g/mol. The maximum Gasteiger partial charge on any atom is 0.307 e. The van der Waals surface area contributed by atoms with Crippen molar-refractivity contribution in [2.45, 2.75) is 44.6 Å². The normalized spacial score (nSPS) is 25.1. The minimum atomic E-state index is -0.515. The van der Waals surface area contributed by atoms with Gasteiger partial charge >= 0.3 is 5.97 Å². The van der Waals surface area contributed by atoms with Crippen molar-refractivity contribution < 1.29 is 14.3 Å². The largest absolute Gasteiger partial charge is 0.469 e. The molecule has 1 N–H and O–H groups in total. The molecule has 5 heteroatoms. The molecule has 0 aliphatic heterocycles. The van der Waals surface area contributed by atoms with Crippen LogP contribution in [0.25, 0.3) is 0 Å². The van der Waals surface area contributed by atoms with Gasteiger partial charge in [0.15, 0.2) is 0 Å². The molecule has 5 nitrogen and oxygen atoms in total. The zero-order valence-electron chi connectivity index (χ0n) is 12.6. The second-order valence-corrected chi connectivity index (χ2v) is 5.90. The van der Waals surface area contributed by atoms with E-state index in [1.54, 1.807) is 24.4 Å². The Balaban J connectivity index is 2.15. The minimum absolute atomic E-state index is 0.215. The molecular weight excluding hydrogens is 268 g/mol. The molecule has 1 saturated carbocycles. The Hall–Kier alpha value is -1.91. The van der Waals surface area contributed by atoms with E-state index < -0.39 is 5.54 Å². The summed E-state index contributed by atoms with van der Waals surface area (Å²) in [5.41, 5.74) is -0.140. The highest BCUT2D eigenvalue weighted by Gasteiger charge is 2.38. The molecule has 0 saturated heterocycles. The van der Waals surface area contributed by atoms with Gasteiger partial charge in [0, 0.05) is 6.20 Å². The second-order valence-electron chi connectivity index (χ2n) is 5.90. The summed E-state index contributed by atoms with van der Waals surface area (Å²) in [4.78, 5) is 28.2. The number of esters is 1. The lowest BCUT2D eigenvalue weighted by atomic mass is 9.74. The Labute approximate surface area is 125 Å². The van der Waals surface area contributed by atoms with E-state index in [0.29, 0.717) is 11.6 Å². The number of methoxy groups -OCH3 is 1. The van der Waals surface area contributed by atoms with Crippen LogP contribution in [0, 0.1) is 5.92 Å². The molecule has 114 valence electrons. The number of nitrogens with one attached hydrogen (secondary N) is 1. The average Bonchev–Trinajstić information content (AvgIpc) is 2.47. The number of amides is 1. The number of aromatic nitrogens is 1. The van der Waals surface area contributed by atoms with Crippen LogP contribution in [0.4, 0.5) is 0 Å². The van der Waals surface area contributed by atoms with Crippen molar-refractivity contribution in [2.24, 2.45) is 5.92 Å². The first-order chi connectivity index (χ1) is 10.0. The van der Waals surface area contributed by atoms with Crippen LogP contribution in [0.2, 0.25) is 0 Å². The van der Waals surface area contributed by atoms with Gasteiger partial charge in [-0.05, 0) is 30.9 Å². The zero-order chi connectivity index (χ0) is 15.3. The molecule has 0 aromatic carbocycles. The molecule has 0 spiro atoms. The number of nitrogens with zero attached hydrogens (tertiary/aromatic N) is 1. The predicted octanol–water partition coefficient (Wildman–Crippen LogP) is 2.32.